The van der Waals surface area contributed by atoms with Crippen molar-refractivity contribution in [1.29, 1.82) is 0 Å². The molecule has 2 aromatic rings. The number of methoxy groups -OCH3 is 2. The summed E-state index contributed by atoms with van der Waals surface area (Å²) in [5.74, 6) is -1.01. The van der Waals surface area contributed by atoms with Crippen LogP contribution in [0.4, 0.5) is 22.7 Å². The number of nitrogens with zero attached hydrogens (tertiary/aromatic N) is 4. The van der Waals surface area contributed by atoms with Gasteiger partial charge in [-0.05, 0) is 12.8 Å². The second kappa shape index (κ2) is 9.08. The molecule has 30 heavy (non-hydrogen) atoms. The molecule has 2 aromatic heterocycles. The van der Waals surface area contributed by atoms with Crippen LogP contribution in [0.15, 0.2) is 6.33 Å². The molecular formula is C17H19F4N5O3S. The van der Waals surface area contributed by atoms with Gasteiger partial charge in [-0.2, -0.15) is 13.2 Å². The number of aromatic nitrogens is 3. The fraction of sp³-hybridized carbons (Fsp3) is 0.529. The fourth-order valence-electron chi connectivity index (χ4n) is 3.01. The van der Waals surface area contributed by atoms with Gasteiger partial charge in [-0.1, -0.05) is 11.3 Å². The number of alkyl halides is 4. The number of anilines is 1. The zero-order valence-electron chi connectivity index (χ0n) is 16.1. The quantitative estimate of drug-likeness (QED) is 0.678. The number of amides is 1. The van der Waals surface area contributed by atoms with Crippen molar-refractivity contribution >= 4 is 22.4 Å². The Morgan fingerprint density at radius 2 is 1.83 bits per heavy atom. The first-order valence-corrected chi connectivity index (χ1v) is 9.72. The third-order valence-corrected chi connectivity index (χ3v) is 5.42. The highest BCUT2D eigenvalue weighted by atomic mass is 32.1. The van der Waals surface area contributed by atoms with Gasteiger partial charge in [0, 0.05) is 19.6 Å². The lowest BCUT2D eigenvalue weighted by Gasteiger charge is -2.28. The third-order valence-electron chi connectivity index (χ3n) is 4.46. The van der Waals surface area contributed by atoms with Crippen LogP contribution in [0.25, 0.3) is 0 Å². The minimum atomic E-state index is -4.70. The van der Waals surface area contributed by atoms with Crippen molar-refractivity contribution in [1.82, 2.24) is 19.9 Å². The van der Waals surface area contributed by atoms with E-state index in [1.54, 1.807) is 4.90 Å². The van der Waals surface area contributed by atoms with Crippen molar-refractivity contribution in [3.8, 4) is 11.8 Å². The lowest BCUT2D eigenvalue weighted by molar-refractivity contribution is -0.141. The summed E-state index contributed by atoms with van der Waals surface area (Å²) in [6.07, 6.45) is -3.96. The maximum Gasteiger partial charge on any atom is 0.434 e. The van der Waals surface area contributed by atoms with Gasteiger partial charge in [-0.25, -0.2) is 19.3 Å². The molecule has 13 heteroatoms. The van der Waals surface area contributed by atoms with Crippen molar-refractivity contribution in [3.63, 3.8) is 0 Å². The molecule has 0 unspecified atom stereocenters. The molecule has 164 valence electrons. The van der Waals surface area contributed by atoms with Gasteiger partial charge in [-0.3, -0.25) is 15.0 Å². The number of nitrogens with one attached hydrogen (secondary N) is 1. The first kappa shape index (κ1) is 22.2. The van der Waals surface area contributed by atoms with Crippen molar-refractivity contribution < 1.29 is 31.8 Å². The number of ether oxygens (including phenoxy) is 2. The summed E-state index contributed by atoms with van der Waals surface area (Å²) in [4.78, 5) is 25.5. The van der Waals surface area contributed by atoms with Crippen molar-refractivity contribution in [3.05, 3.63) is 22.5 Å². The Hall–Kier alpha value is -2.54. The number of hydrogen-bond acceptors (Lipinski definition) is 8. The summed E-state index contributed by atoms with van der Waals surface area (Å²) in [6.45, 7) is 0.678. The Morgan fingerprint density at radius 3 is 2.37 bits per heavy atom. The molecule has 3 heterocycles. The molecule has 0 aromatic carbocycles. The van der Waals surface area contributed by atoms with Crippen LogP contribution in [0.1, 0.15) is 33.8 Å². The van der Waals surface area contributed by atoms with Gasteiger partial charge < -0.3 is 9.47 Å². The number of rotatable bonds is 6. The lowest BCUT2D eigenvalue weighted by Crippen LogP contribution is -2.34. The molecule has 0 saturated carbocycles. The molecule has 3 rings (SSSR count). The van der Waals surface area contributed by atoms with Gasteiger partial charge in [0.1, 0.15) is 12.5 Å². The summed E-state index contributed by atoms with van der Waals surface area (Å²) in [7, 11) is 2.56. The van der Waals surface area contributed by atoms with E-state index in [0.29, 0.717) is 24.4 Å². The van der Waals surface area contributed by atoms with Gasteiger partial charge >= 0.3 is 6.18 Å². The maximum absolute atomic E-state index is 13.5. The van der Waals surface area contributed by atoms with Gasteiger partial charge in [0.05, 0.1) is 19.1 Å². The van der Waals surface area contributed by atoms with Crippen LogP contribution in [0.3, 0.4) is 0 Å². The Morgan fingerprint density at radius 1 is 1.23 bits per heavy atom. The number of halogens is 4. The van der Waals surface area contributed by atoms with Crippen LogP contribution in [-0.4, -0.2) is 59.2 Å². The number of likely N-dealkylation sites (tertiary alicyclic amines) is 1. The van der Waals surface area contributed by atoms with Crippen LogP contribution in [-0.2, 0) is 12.7 Å². The topological polar surface area (TPSA) is 89.5 Å². The Bertz CT molecular complexity index is 878. The zero-order valence-corrected chi connectivity index (χ0v) is 16.9. The molecule has 0 radical (unpaired) electrons. The van der Waals surface area contributed by atoms with E-state index in [0.717, 1.165) is 6.33 Å². The Balaban J connectivity index is 1.85. The third kappa shape index (κ3) is 4.95. The first-order chi connectivity index (χ1) is 14.2. The number of thiazole rings is 1. The molecule has 0 bridgehead atoms. The lowest BCUT2D eigenvalue weighted by atomic mass is 10.1. The van der Waals surface area contributed by atoms with Gasteiger partial charge in [-0.15, -0.1) is 0 Å². The second-order valence-corrected chi connectivity index (χ2v) is 7.54. The smallest absolute Gasteiger partial charge is 0.434 e. The molecule has 0 aliphatic carbocycles. The summed E-state index contributed by atoms with van der Waals surface area (Å²) in [5, 5.41) is 2.09. The standard InChI is InChI=1S/C17H19F4N5O3S/c1-28-14-11(15(29-2)23-8-22-14)13(27)25-16-24-12(17(19,20)21)10(30-16)7-26-5-3-9(18)4-6-26/h8-9H,3-7H2,1-2H3,(H,24,25,27). The molecule has 1 fully saturated rings. The SMILES string of the molecule is COc1ncnc(OC)c1C(=O)Nc1nc(C(F)(F)F)c(CN2CCC(F)CC2)s1. The molecule has 8 nitrogen and oxygen atoms in total. The highest BCUT2D eigenvalue weighted by molar-refractivity contribution is 7.15. The monoisotopic (exact) mass is 449 g/mol. The molecule has 1 aliphatic heterocycles. The zero-order chi connectivity index (χ0) is 21.9. The minimum Gasteiger partial charge on any atom is -0.480 e. The van der Waals surface area contributed by atoms with Gasteiger partial charge in [0.2, 0.25) is 11.8 Å². The normalized spacial score (nSPS) is 15.8. The summed E-state index contributed by atoms with van der Waals surface area (Å²) in [5.41, 5.74) is -1.24. The minimum absolute atomic E-state index is 0.0316. The summed E-state index contributed by atoms with van der Waals surface area (Å²) < 4.78 is 63.7. The molecule has 1 amide bonds. The summed E-state index contributed by atoms with van der Waals surface area (Å²) >= 11 is 0.710. The van der Waals surface area contributed by atoms with E-state index in [-0.39, 0.29) is 46.7 Å². The van der Waals surface area contributed by atoms with Gasteiger partial charge in [0.15, 0.2) is 16.4 Å². The number of carbonyl (C=O) groups is 1. The van der Waals surface area contributed by atoms with E-state index in [4.69, 9.17) is 9.47 Å². The molecular weight excluding hydrogens is 430 g/mol. The number of piperidine rings is 1. The largest absolute Gasteiger partial charge is 0.480 e. The predicted molar refractivity (Wildman–Crippen MR) is 99.6 cm³/mol. The van der Waals surface area contributed by atoms with E-state index in [1.807, 2.05) is 0 Å². The van der Waals surface area contributed by atoms with Crippen LogP contribution in [0.2, 0.25) is 0 Å². The van der Waals surface area contributed by atoms with Crippen molar-refractivity contribution in [2.45, 2.75) is 31.7 Å². The van der Waals surface area contributed by atoms with Crippen molar-refractivity contribution in [2.75, 3.05) is 32.6 Å². The van der Waals surface area contributed by atoms with E-state index in [1.165, 1.54) is 14.2 Å². The van der Waals surface area contributed by atoms with Gasteiger partial charge in [0.25, 0.3) is 5.91 Å². The average Bonchev–Trinajstić information content (AvgIpc) is 3.11. The highest BCUT2D eigenvalue weighted by Crippen LogP contribution is 2.37. The molecule has 0 atom stereocenters. The van der Waals surface area contributed by atoms with E-state index in [2.05, 4.69) is 20.3 Å². The molecule has 1 saturated heterocycles. The predicted octanol–water partition coefficient (Wildman–Crippen LogP) is 3.16. The second-order valence-electron chi connectivity index (χ2n) is 6.46. The maximum atomic E-state index is 13.5. The van der Waals surface area contributed by atoms with Crippen LogP contribution in [0.5, 0.6) is 11.8 Å². The molecule has 1 aliphatic rings. The van der Waals surface area contributed by atoms with Crippen LogP contribution in [0, 0.1) is 0 Å². The van der Waals surface area contributed by atoms with E-state index >= 15 is 0 Å². The molecule has 0 spiro atoms. The average molecular weight is 449 g/mol. The van der Waals surface area contributed by atoms with E-state index in [9.17, 15) is 22.4 Å². The molecule has 1 N–H and O–H groups in total. The van der Waals surface area contributed by atoms with E-state index < -0.39 is 23.9 Å². The highest BCUT2D eigenvalue weighted by Gasteiger charge is 2.38. The number of hydrogen-bond donors (Lipinski definition) is 1. The summed E-state index contributed by atoms with van der Waals surface area (Å²) in [6, 6.07) is 0. The number of carbonyl (C=O) groups excluding carboxylic acids is 1. The first-order valence-electron chi connectivity index (χ1n) is 8.90. The Kier molecular flexibility index (Phi) is 6.71. The fourth-order valence-corrected chi connectivity index (χ4v) is 4.03. The van der Waals surface area contributed by atoms with Crippen LogP contribution < -0.4 is 14.8 Å². The van der Waals surface area contributed by atoms with Crippen LogP contribution >= 0.6 is 11.3 Å². The van der Waals surface area contributed by atoms with Crippen molar-refractivity contribution in [2.24, 2.45) is 0 Å². The Labute approximate surface area is 173 Å².